The van der Waals surface area contributed by atoms with Crippen molar-refractivity contribution < 1.29 is 9.72 Å². The molecule has 1 unspecified atom stereocenters. The molecule has 0 aliphatic carbocycles. The van der Waals surface area contributed by atoms with Crippen molar-refractivity contribution in [2.75, 3.05) is 25.0 Å². The van der Waals surface area contributed by atoms with E-state index in [0.29, 0.717) is 19.0 Å². The lowest BCUT2D eigenvalue weighted by Crippen LogP contribution is -2.29. The highest BCUT2D eigenvalue weighted by Crippen LogP contribution is 2.26. The van der Waals surface area contributed by atoms with Gasteiger partial charge in [0.1, 0.15) is 5.56 Å². The maximum Gasteiger partial charge on any atom is 0.282 e. The molecule has 1 amide bonds. The third-order valence-electron chi connectivity index (χ3n) is 3.71. The van der Waals surface area contributed by atoms with Crippen molar-refractivity contribution in [1.82, 2.24) is 4.90 Å². The third-order valence-corrected chi connectivity index (χ3v) is 3.71. The van der Waals surface area contributed by atoms with Gasteiger partial charge in [-0.3, -0.25) is 14.9 Å². The number of nitrogens with one attached hydrogen (secondary N) is 1. The number of benzene rings is 1. The van der Waals surface area contributed by atoms with E-state index >= 15 is 0 Å². The largest absolute Gasteiger partial charge is 0.385 e. The standard InChI is InChI=1S/C15H21N3O3/c1-3-7-16-12-4-5-14(18(20)21)13(9-12)15(19)17-8-6-11(2)10-17/h4-5,9,11,16H,3,6-8,10H2,1-2H3. The maximum atomic E-state index is 12.5. The van der Waals surface area contributed by atoms with E-state index in [4.69, 9.17) is 0 Å². The normalized spacial score (nSPS) is 17.8. The van der Waals surface area contributed by atoms with Gasteiger partial charge in [0.15, 0.2) is 0 Å². The molecule has 1 aliphatic rings. The Hall–Kier alpha value is -2.11. The second kappa shape index (κ2) is 6.56. The average Bonchev–Trinajstić information content (AvgIpc) is 2.90. The van der Waals surface area contributed by atoms with Crippen LogP contribution in [0.15, 0.2) is 18.2 Å². The van der Waals surface area contributed by atoms with Crippen LogP contribution >= 0.6 is 0 Å². The van der Waals surface area contributed by atoms with E-state index < -0.39 is 4.92 Å². The minimum Gasteiger partial charge on any atom is -0.385 e. The summed E-state index contributed by atoms with van der Waals surface area (Å²) in [5.74, 6) is 0.209. The van der Waals surface area contributed by atoms with Crippen molar-refractivity contribution in [3.63, 3.8) is 0 Å². The first-order valence-electron chi connectivity index (χ1n) is 7.34. The minimum absolute atomic E-state index is 0.124. The quantitative estimate of drug-likeness (QED) is 0.668. The highest BCUT2D eigenvalue weighted by atomic mass is 16.6. The average molecular weight is 291 g/mol. The van der Waals surface area contributed by atoms with E-state index in [1.807, 2.05) is 6.92 Å². The molecule has 0 saturated carbocycles. The molecule has 1 aromatic carbocycles. The van der Waals surface area contributed by atoms with Gasteiger partial charge in [-0.15, -0.1) is 0 Å². The van der Waals surface area contributed by atoms with Crippen molar-refractivity contribution in [3.8, 4) is 0 Å². The topological polar surface area (TPSA) is 75.5 Å². The van der Waals surface area contributed by atoms with Gasteiger partial charge in [-0.1, -0.05) is 13.8 Å². The molecule has 6 nitrogen and oxygen atoms in total. The molecule has 0 radical (unpaired) electrons. The van der Waals surface area contributed by atoms with Crippen LogP contribution in [-0.2, 0) is 0 Å². The molecule has 1 atom stereocenters. The molecule has 1 heterocycles. The summed E-state index contributed by atoms with van der Waals surface area (Å²) in [4.78, 5) is 24.9. The number of nitrogens with zero attached hydrogens (tertiary/aromatic N) is 2. The van der Waals surface area contributed by atoms with Crippen molar-refractivity contribution in [1.29, 1.82) is 0 Å². The molecule has 6 heteroatoms. The van der Waals surface area contributed by atoms with Crippen LogP contribution in [0.4, 0.5) is 11.4 Å². The number of nitro benzene ring substituents is 1. The zero-order valence-electron chi connectivity index (χ0n) is 12.5. The van der Waals surface area contributed by atoms with Gasteiger partial charge in [-0.25, -0.2) is 0 Å². The molecule has 1 saturated heterocycles. The molecule has 21 heavy (non-hydrogen) atoms. The van der Waals surface area contributed by atoms with E-state index in [-0.39, 0.29) is 17.2 Å². The summed E-state index contributed by atoms with van der Waals surface area (Å²) in [6.07, 6.45) is 1.90. The summed E-state index contributed by atoms with van der Waals surface area (Å²) in [5.41, 5.74) is 0.801. The minimum atomic E-state index is -0.490. The molecular weight excluding hydrogens is 270 g/mol. The lowest BCUT2D eigenvalue weighted by molar-refractivity contribution is -0.385. The number of likely N-dealkylation sites (tertiary alicyclic amines) is 1. The fourth-order valence-corrected chi connectivity index (χ4v) is 2.54. The number of carbonyl (C=O) groups excluding carboxylic acids is 1. The van der Waals surface area contributed by atoms with Crippen molar-refractivity contribution in [2.45, 2.75) is 26.7 Å². The van der Waals surface area contributed by atoms with E-state index in [9.17, 15) is 14.9 Å². The SMILES string of the molecule is CCCNc1ccc([N+](=O)[O-])c(C(=O)N2CCC(C)C2)c1. The molecule has 114 valence electrons. The van der Waals surface area contributed by atoms with Gasteiger partial charge in [0.2, 0.25) is 0 Å². The Morgan fingerprint density at radius 2 is 2.29 bits per heavy atom. The van der Waals surface area contributed by atoms with Crippen LogP contribution in [0.3, 0.4) is 0 Å². The molecule has 1 aromatic rings. The van der Waals surface area contributed by atoms with Gasteiger partial charge >= 0.3 is 0 Å². The lowest BCUT2D eigenvalue weighted by Gasteiger charge is -2.16. The summed E-state index contributed by atoms with van der Waals surface area (Å²) in [5, 5.41) is 14.3. The highest BCUT2D eigenvalue weighted by Gasteiger charge is 2.29. The molecule has 2 rings (SSSR count). The number of carbonyl (C=O) groups is 1. The van der Waals surface area contributed by atoms with Crippen LogP contribution in [0.2, 0.25) is 0 Å². The van der Waals surface area contributed by atoms with Gasteiger partial charge in [0, 0.05) is 31.4 Å². The molecule has 0 bridgehead atoms. The molecule has 1 aliphatic heterocycles. The van der Waals surface area contributed by atoms with Gasteiger partial charge in [0.05, 0.1) is 4.92 Å². The molecule has 1 N–H and O–H groups in total. The zero-order valence-corrected chi connectivity index (χ0v) is 12.5. The summed E-state index contributed by atoms with van der Waals surface area (Å²) in [6, 6.07) is 4.65. The number of anilines is 1. The second-order valence-electron chi connectivity index (χ2n) is 5.56. The Balaban J connectivity index is 2.29. The van der Waals surface area contributed by atoms with Crippen molar-refractivity contribution >= 4 is 17.3 Å². The van der Waals surface area contributed by atoms with Crippen molar-refractivity contribution in [2.24, 2.45) is 5.92 Å². The predicted molar refractivity (Wildman–Crippen MR) is 81.6 cm³/mol. The number of hydrogen-bond donors (Lipinski definition) is 1. The monoisotopic (exact) mass is 291 g/mol. The van der Waals surface area contributed by atoms with E-state index in [1.165, 1.54) is 6.07 Å². The Bertz CT molecular complexity index is 545. The lowest BCUT2D eigenvalue weighted by atomic mass is 10.1. The number of nitro groups is 1. The van der Waals surface area contributed by atoms with Crippen LogP contribution in [0, 0.1) is 16.0 Å². The molecule has 0 aromatic heterocycles. The van der Waals surface area contributed by atoms with Crippen LogP contribution in [0.1, 0.15) is 37.0 Å². The van der Waals surface area contributed by atoms with E-state index in [1.54, 1.807) is 17.0 Å². The molecule has 1 fully saturated rings. The summed E-state index contributed by atoms with van der Waals surface area (Å²) < 4.78 is 0. The van der Waals surface area contributed by atoms with Gasteiger partial charge in [0.25, 0.3) is 11.6 Å². The fraction of sp³-hybridized carbons (Fsp3) is 0.533. The first-order chi connectivity index (χ1) is 10.0. The number of hydrogen-bond acceptors (Lipinski definition) is 4. The summed E-state index contributed by atoms with van der Waals surface area (Å²) in [6.45, 7) is 6.23. The predicted octanol–water partition coefficient (Wildman–Crippen LogP) is 2.90. The summed E-state index contributed by atoms with van der Waals surface area (Å²) in [7, 11) is 0. The maximum absolute atomic E-state index is 12.5. The second-order valence-corrected chi connectivity index (χ2v) is 5.56. The Morgan fingerprint density at radius 1 is 1.52 bits per heavy atom. The molecular formula is C15H21N3O3. The zero-order chi connectivity index (χ0) is 15.4. The number of amides is 1. The van der Waals surface area contributed by atoms with Gasteiger partial charge in [-0.05, 0) is 30.9 Å². The molecule has 0 spiro atoms. The smallest absolute Gasteiger partial charge is 0.282 e. The first-order valence-corrected chi connectivity index (χ1v) is 7.34. The van der Waals surface area contributed by atoms with Crippen LogP contribution in [0.5, 0.6) is 0 Å². The highest BCUT2D eigenvalue weighted by molar-refractivity contribution is 5.99. The first kappa shape index (κ1) is 15.3. The van der Waals surface area contributed by atoms with E-state index in [0.717, 1.165) is 25.1 Å². The van der Waals surface area contributed by atoms with Gasteiger partial charge in [-0.2, -0.15) is 0 Å². The fourth-order valence-electron chi connectivity index (χ4n) is 2.54. The van der Waals surface area contributed by atoms with Crippen LogP contribution < -0.4 is 5.32 Å². The van der Waals surface area contributed by atoms with Crippen molar-refractivity contribution in [3.05, 3.63) is 33.9 Å². The summed E-state index contributed by atoms with van der Waals surface area (Å²) >= 11 is 0. The Kier molecular flexibility index (Phi) is 4.77. The van der Waals surface area contributed by atoms with Crippen LogP contribution in [-0.4, -0.2) is 35.4 Å². The van der Waals surface area contributed by atoms with E-state index in [2.05, 4.69) is 12.2 Å². The Morgan fingerprint density at radius 3 is 2.86 bits per heavy atom. The third kappa shape index (κ3) is 3.51. The van der Waals surface area contributed by atoms with Gasteiger partial charge < -0.3 is 10.2 Å². The van der Waals surface area contributed by atoms with Crippen LogP contribution in [0.25, 0.3) is 0 Å². The number of rotatable bonds is 5. The Labute approximate surface area is 124 Å².